The smallest absolute Gasteiger partial charge is 0.163 e. The topological polar surface area (TPSA) is 17.1 Å². The van der Waals surface area contributed by atoms with Crippen molar-refractivity contribution < 1.29 is 4.79 Å². The van der Waals surface area contributed by atoms with Crippen LogP contribution >= 0.6 is 11.6 Å². The van der Waals surface area contributed by atoms with Crippen molar-refractivity contribution in [1.29, 1.82) is 0 Å². The van der Waals surface area contributed by atoms with Crippen molar-refractivity contribution in [3.05, 3.63) is 34.3 Å². The summed E-state index contributed by atoms with van der Waals surface area (Å²) in [5.41, 5.74) is 1.66. The Balaban J connectivity index is 2.87. The predicted molar refractivity (Wildman–Crippen MR) is 64.6 cm³/mol. The zero-order valence-electron chi connectivity index (χ0n) is 9.51. The number of ketones is 1. The molecule has 1 atom stereocenters. The average Bonchev–Trinajstić information content (AvgIpc) is 2.21. The molecule has 0 aromatic heterocycles. The van der Waals surface area contributed by atoms with E-state index in [0.717, 1.165) is 17.5 Å². The Kier molecular flexibility index (Phi) is 4.34. The van der Waals surface area contributed by atoms with Gasteiger partial charge in [0, 0.05) is 17.0 Å². The highest BCUT2D eigenvalue weighted by Gasteiger charge is 2.13. The first-order valence-corrected chi connectivity index (χ1v) is 5.72. The first-order valence-electron chi connectivity index (χ1n) is 5.34. The van der Waals surface area contributed by atoms with Crippen molar-refractivity contribution in [3.8, 4) is 0 Å². The van der Waals surface area contributed by atoms with Crippen molar-refractivity contribution in [2.24, 2.45) is 5.92 Å². The molecule has 2 heteroatoms. The Morgan fingerprint density at radius 1 is 1.47 bits per heavy atom. The number of hydrogen-bond acceptors (Lipinski definition) is 1. The van der Waals surface area contributed by atoms with Gasteiger partial charge in [0.25, 0.3) is 0 Å². The van der Waals surface area contributed by atoms with Crippen LogP contribution in [0.25, 0.3) is 0 Å². The van der Waals surface area contributed by atoms with E-state index in [1.807, 2.05) is 25.1 Å². The Morgan fingerprint density at radius 3 is 2.73 bits per heavy atom. The van der Waals surface area contributed by atoms with Gasteiger partial charge in [0.2, 0.25) is 0 Å². The summed E-state index contributed by atoms with van der Waals surface area (Å²) in [6.45, 7) is 6.09. The molecule has 0 fully saturated rings. The number of benzene rings is 1. The number of carbonyl (C=O) groups is 1. The molecule has 0 saturated carbocycles. The van der Waals surface area contributed by atoms with E-state index >= 15 is 0 Å². The predicted octanol–water partition coefficient (Wildman–Crippen LogP) is 4.27. The van der Waals surface area contributed by atoms with Gasteiger partial charge in [-0.1, -0.05) is 44.0 Å². The van der Waals surface area contributed by atoms with Crippen LogP contribution in [0.15, 0.2) is 18.2 Å². The van der Waals surface area contributed by atoms with Gasteiger partial charge in [-0.2, -0.15) is 0 Å². The van der Waals surface area contributed by atoms with Crippen LogP contribution in [0, 0.1) is 12.8 Å². The summed E-state index contributed by atoms with van der Waals surface area (Å²) in [7, 11) is 0. The second-order valence-electron chi connectivity index (χ2n) is 4.05. The van der Waals surface area contributed by atoms with Gasteiger partial charge in [-0.3, -0.25) is 4.79 Å². The highest BCUT2D eigenvalue weighted by Crippen LogP contribution is 2.21. The molecule has 1 aromatic rings. The molecule has 1 unspecified atom stereocenters. The highest BCUT2D eigenvalue weighted by atomic mass is 35.5. The van der Waals surface area contributed by atoms with Gasteiger partial charge in [-0.15, -0.1) is 0 Å². The van der Waals surface area contributed by atoms with Gasteiger partial charge in [-0.25, -0.2) is 0 Å². The fourth-order valence-corrected chi connectivity index (χ4v) is 1.65. The summed E-state index contributed by atoms with van der Waals surface area (Å²) < 4.78 is 0. The van der Waals surface area contributed by atoms with Gasteiger partial charge in [0.1, 0.15) is 0 Å². The normalized spacial score (nSPS) is 12.5. The Labute approximate surface area is 96.5 Å². The lowest BCUT2D eigenvalue weighted by molar-refractivity contribution is 0.0963. The molecule has 0 amide bonds. The van der Waals surface area contributed by atoms with Crippen LogP contribution < -0.4 is 0 Å². The first-order chi connectivity index (χ1) is 7.06. The maximum absolute atomic E-state index is 11.9. The van der Waals surface area contributed by atoms with Gasteiger partial charge in [-0.05, 0) is 24.5 Å². The molecule has 0 aliphatic heterocycles. The summed E-state index contributed by atoms with van der Waals surface area (Å²) in [5.74, 6) is 0.639. The lowest BCUT2D eigenvalue weighted by Gasteiger charge is -2.09. The molecule has 15 heavy (non-hydrogen) atoms. The molecule has 0 spiro atoms. The summed E-state index contributed by atoms with van der Waals surface area (Å²) in [6.07, 6.45) is 1.64. The van der Waals surface area contributed by atoms with E-state index in [1.165, 1.54) is 0 Å². The largest absolute Gasteiger partial charge is 0.294 e. The molecule has 1 nitrogen and oxygen atoms in total. The van der Waals surface area contributed by atoms with E-state index in [0.29, 0.717) is 17.4 Å². The number of Topliss-reactive ketones (excluding diaryl/α,β-unsaturated/α-hetero) is 1. The summed E-state index contributed by atoms with van der Waals surface area (Å²) >= 11 is 5.98. The van der Waals surface area contributed by atoms with Crippen LogP contribution in [-0.2, 0) is 0 Å². The van der Waals surface area contributed by atoms with Gasteiger partial charge >= 0.3 is 0 Å². The number of rotatable bonds is 4. The molecular weight excluding hydrogens is 208 g/mol. The molecule has 1 aromatic carbocycles. The van der Waals surface area contributed by atoms with Crippen molar-refractivity contribution in [2.45, 2.75) is 33.6 Å². The molecule has 0 aliphatic carbocycles. The van der Waals surface area contributed by atoms with E-state index in [4.69, 9.17) is 11.6 Å². The van der Waals surface area contributed by atoms with Crippen molar-refractivity contribution in [1.82, 2.24) is 0 Å². The highest BCUT2D eigenvalue weighted by molar-refractivity contribution is 6.31. The summed E-state index contributed by atoms with van der Waals surface area (Å²) in [5, 5.41) is 0.671. The van der Waals surface area contributed by atoms with Crippen molar-refractivity contribution >= 4 is 17.4 Å². The average molecular weight is 225 g/mol. The molecule has 0 heterocycles. The summed E-state index contributed by atoms with van der Waals surface area (Å²) in [4.78, 5) is 11.9. The fraction of sp³-hybridized carbons (Fsp3) is 0.462. The molecule has 0 aliphatic rings. The van der Waals surface area contributed by atoms with Crippen LogP contribution in [0.5, 0.6) is 0 Å². The number of hydrogen-bond donors (Lipinski definition) is 0. The standard InChI is InChI=1S/C13H17ClO/c1-4-9(2)8-13(15)11-6-5-7-12(14)10(11)3/h5-7,9H,4,8H2,1-3H3. The maximum atomic E-state index is 11.9. The van der Waals surface area contributed by atoms with E-state index in [9.17, 15) is 4.79 Å². The third kappa shape index (κ3) is 3.07. The number of halogens is 1. The Bertz CT molecular complexity index is 358. The Hall–Kier alpha value is -0.820. The van der Waals surface area contributed by atoms with Crippen molar-refractivity contribution in [3.63, 3.8) is 0 Å². The van der Waals surface area contributed by atoms with E-state index in [1.54, 1.807) is 0 Å². The lowest BCUT2D eigenvalue weighted by atomic mass is 9.95. The molecule has 0 N–H and O–H groups in total. The maximum Gasteiger partial charge on any atom is 0.163 e. The van der Waals surface area contributed by atoms with Crippen LogP contribution in [-0.4, -0.2) is 5.78 Å². The molecule has 1 rings (SSSR count). The minimum Gasteiger partial charge on any atom is -0.294 e. The molecular formula is C13H17ClO. The van der Waals surface area contributed by atoms with Crippen LogP contribution in [0.4, 0.5) is 0 Å². The van der Waals surface area contributed by atoms with Crippen LogP contribution in [0.1, 0.15) is 42.6 Å². The Morgan fingerprint density at radius 2 is 2.13 bits per heavy atom. The minimum absolute atomic E-state index is 0.198. The molecule has 0 bridgehead atoms. The molecule has 0 radical (unpaired) electrons. The van der Waals surface area contributed by atoms with E-state index < -0.39 is 0 Å². The van der Waals surface area contributed by atoms with E-state index in [2.05, 4.69) is 13.8 Å². The lowest BCUT2D eigenvalue weighted by Crippen LogP contribution is -2.07. The van der Waals surface area contributed by atoms with E-state index in [-0.39, 0.29) is 5.78 Å². The second-order valence-corrected chi connectivity index (χ2v) is 4.46. The molecule has 0 saturated heterocycles. The van der Waals surface area contributed by atoms with Crippen LogP contribution in [0.2, 0.25) is 5.02 Å². The second kappa shape index (κ2) is 5.32. The fourth-order valence-electron chi connectivity index (χ4n) is 1.48. The zero-order valence-corrected chi connectivity index (χ0v) is 10.3. The van der Waals surface area contributed by atoms with Gasteiger partial charge in [0.05, 0.1) is 0 Å². The summed E-state index contributed by atoms with van der Waals surface area (Å²) in [6, 6.07) is 5.50. The van der Waals surface area contributed by atoms with Crippen LogP contribution in [0.3, 0.4) is 0 Å². The molecule has 82 valence electrons. The number of carbonyl (C=O) groups excluding carboxylic acids is 1. The SMILES string of the molecule is CCC(C)CC(=O)c1cccc(Cl)c1C. The quantitative estimate of drug-likeness (QED) is 0.699. The third-order valence-electron chi connectivity index (χ3n) is 2.80. The monoisotopic (exact) mass is 224 g/mol. The third-order valence-corrected chi connectivity index (χ3v) is 3.21. The zero-order chi connectivity index (χ0) is 11.4. The minimum atomic E-state index is 0.198. The first kappa shape index (κ1) is 12.3. The van der Waals surface area contributed by atoms with Gasteiger partial charge in [0.15, 0.2) is 5.78 Å². The van der Waals surface area contributed by atoms with Crippen molar-refractivity contribution in [2.75, 3.05) is 0 Å². The van der Waals surface area contributed by atoms with Gasteiger partial charge < -0.3 is 0 Å².